The third-order valence-corrected chi connectivity index (χ3v) is 4.89. The lowest BCUT2D eigenvalue weighted by atomic mass is 10.1. The molecule has 0 atom stereocenters. The highest BCUT2D eigenvalue weighted by Crippen LogP contribution is 2.29. The number of hydrogen-bond acceptors (Lipinski definition) is 3. The van der Waals surface area contributed by atoms with E-state index in [1.165, 1.54) is 36.1 Å². The summed E-state index contributed by atoms with van der Waals surface area (Å²) in [4.78, 5) is 7.26. The van der Waals surface area contributed by atoms with E-state index in [-0.39, 0.29) is 0 Å². The van der Waals surface area contributed by atoms with Crippen molar-refractivity contribution >= 4 is 16.7 Å². The number of unbranched alkanes of at least 4 members (excludes halogenated alkanes) is 1. The molecule has 1 aromatic heterocycles. The Morgan fingerprint density at radius 1 is 1.08 bits per heavy atom. The van der Waals surface area contributed by atoms with Gasteiger partial charge in [0, 0.05) is 18.7 Å². The van der Waals surface area contributed by atoms with Crippen molar-refractivity contribution in [1.82, 2.24) is 9.88 Å². The molecule has 3 nitrogen and oxygen atoms in total. The fourth-order valence-corrected chi connectivity index (χ4v) is 3.37. The van der Waals surface area contributed by atoms with Gasteiger partial charge in [-0.3, -0.25) is 4.90 Å². The first kappa shape index (κ1) is 16.1. The van der Waals surface area contributed by atoms with Crippen LogP contribution in [0.15, 0.2) is 59.0 Å². The summed E-state index contributed by atoms with van der Waals surface area (Å²) in [6, 6.07) is 16.7. The second-order valence-electron chi connectivity index (χ2n) is 6.70. The number of fused-ring (bicyclic) bond motifs is 1. The van der Waals surface area contributed by atoms with Crippen LogP contribution in [-0.2, 0) is 0 Å². The van der Waals surface area contributed by atoms with Crippen LogP contribution in [0.5, 0.6) is 0 Å². The number of oxazole rings is 1. The minimum absolute atomic E-state index is 0.787. The van der Waals surface area contributed by atoms with Crippen LogP contribution in [0.1, 0.15) is 32.1 Å². The Hall–Kier alpha value is -2.39. The summed E-state index contributed by atoms with van der Waals surface area (Å²) in [5.74, 6) is 0.787. The van der Waals surface area contributed by atoms with E-state index in [2.05, 4.69) is 54.3 Å². The molecule has 0 fully saturated rings. The average molecular weight is 332 g/mol. The van der Waals surface area contributed by atoms with Gasteiger partial charge in [0.25, 0.3) is 0 Å². The van der Waals surface area contributed by atoms with Crippen LogP contribution < -0.4 is 0 Å². The van der Waals surface area contributed by atoms with Gasteiger partial charge in [0.15, 0.2) is 5.58 Å². The van der Waals surface area contributed by atoms with E-state index >= 15 is 0 Å². The number of hydrogen-bond donors (Lipinski definition) is 0. The molecular formula is C22H24N2O. The van der Waals surface area contributed by atoms with Gasteiger partial charge in [-0.1, -0.05) is 55.8 Å². The summed E-state index contributed by atoms with van der Waals surface area (Å²) in [6.45, 7) is 5.53. The van der Waals surface area contributed by atoms with E-state index in [1.807, 2.05) is 12.1 Å². The van der Waals surface area contributed by atoms with E-state index in [1.54, 1.807) is 0 Å². The van der Waals surface area contributed by atoms with Crippen LogP contribution >= 0.6 is 0 Å². The molecular weight excluding hydrogens is 308 g/mol. The molecule has 2 aromatic carbocycles. The summed E-state index contributed by atoms with van der Waals surface area (Å²) in [5.41, 5.74) is 5.42. The zero-order valence-electron chi connectivity index (χ0n) is 14.7. The molecule has 3 aromatic rings. The fourth-order valence-electron chi connectivity index (χ4n) is 3.37. The number of benzene rings is 2. The summed E-state index contributed by atoms with van der Waals surface area (Å²) in [6.07, 6.45) is 5.82. The second kappa shape index (κ2) is 7.24. The number of rotatable bonds is 5. The predicted octanol–water partition coefficient (Wildman–Crippen LogP) is 5.38. The van der Waals surface area contributed by atoms with Crippen molar-refractivity contribution in [3.8, 4) is 11.1 Å². The maximum Gasteiger partial charge on any atom is 0.222 e. The normalized spacial score (nSPS) is 15.5. The fraction of sp³-hybridized carbons (Fsp3) is 0.318. The molecule has 0 radical (unpaired) electrons. The molecule has 0 aliphatic carbocycles. The molecule has 0 amide bonds. The molecule has 0 N–H and O–H groups in total. The monoisotopic (exact) mass is 332 g/mol. The summed E-state index contributed by atoms with van der Waals surface area (Å²) in [7, 11) is 0. The highest BCUT2D eigenvalue weighted by Gasteiger charge is 2.17. The third kappa shape index (κ3) is 3.52. The van der Waals surface area contributed by atoms with E-state index in [0.29, 0.717) is 0 Å². The maximum absolute atomic E-state index is 6.02. The molecule has 0 saturated carbocycles. The second-order valence-corrected chi connectivity index (χ2v) is 6.70. The minimum Gasteiger partial charge on any atom is -0.436 e. The Bertz CT molecular complexity index is 879. The summed E-state index contributed by atoms with van der Waals surface area (Å²) >= 11 is 0. The highest BCUT2D eigenvalue weighted by atomic mass is 16.3. The molecule has 25 heavy (non-hydrogen) atoms. The standard InChI is InChI=1S/C22H24N2O/c1-2-3-13-24-14-11-18(12-15-24)22-23-20-16-19(9-10-21(20)25-22)17-7-5-4-6-8-17/h4-11,16H,2-3,12-15H2,1H3. The van der Waals surface area contributed by atoms with Gasteiger partial charge in [-0.15, -0.1) is 0 Å². The maximum atomic E-state index is 6.02. The van der Waals surface area contributed by atoms with Crippen molar-refractivity contribution in [1.29, 1.82) is 0 Å². The molecule has 1 aliphatic rings. The quantitative estimate of drug-likeness (QED) is 0.628. The molecule has 3 heteroatoms. The van der Waals surface area contributed by atoms with Crippen molar-refractivity contribution in [2.45, 2.75) is 26.2 Å². The SMILES string of the molecule is CCCCN1CC=C(c2nc3cc(-c4ccccc4)ccc3o2)CC1. The zero-order valence-corrected chi connectivity index (χ0v) is 14.7. The van der Waals surface area contributed by atoms with Gasteiger partial charge < -0.3 is 4.42 Å². The average Bonchev–Trinajstić information content (AvgIpc) is 3.11. The largest absolute Gasteiger partial charge is 0.436 e. The first-order valence-electron chi connectivity index (χ1n) is 9.21. The Kier molecular flexibility index (Phi) is 4.66. The van der Waals surface area contributed by atoms with Crippen molar-refractivity contribution in [3.05, 3.63) is 60.5 Å². The molecule has 4 rings (SSSR count). The van der Waals surface area contributed by atoms with E-state index in [4.69, 9.17) is 9.40 Å². The van der Waals surface area contributed by atoms with Crippen molar-refractivity contribution in [2.75, 3.05) is 19.6 Å². The van der Waals surface area contributed by atoms with Crippen LogP contribution in [0.3, 0.4) is 0 Å². The van der Waals surface area contributed by atoms with Gasteiger partial charge in [0.05, 0.1) is 0 Å². The van der Waals surface area contributed by atoms with E-state index in [0.717, 1.165) is 36.5 Å². The number of aromatic nitrogens is 1. The van der Waals surface area contributed by atoms with Gasteiger partial charge >= 0.3 is 0 Å². The molecule has 0 bridgehead atoms. The molecule has 2 heterocycles. The highest BCUT2D eigenvalue weighted by molar-refractivity contribution is 5.82. The van der Waals surface area contributed by atoms with Crippen molar-refractivity contribution in [2.24, 2.45) is 0 Å². The molecule has 0 spiro atoms. The van der Waals surface area contributed by atoms with Crippen LogP contribution in [0.2, 0.25) is 0 Å². The van der Waals surface area contributed by atoms with E-state index < -0.39 is 0 Å². The van der Waals surface area contributed by atoms with E-state index in [9.17, 15) is 0 Å². The van der Waals surface area contributed by atoms with Gasteiger partial charge in [-0.05, 0) is 42.6 Å². The lowest BCUT2D eigenvalue weighted by Gasteiger charge is -2.24. The number of nitrogens with zero attached hydrogens (tertiary/aromatic N) is 2. The topological polar surface area (TPSA) is 29.3 Å². The zero-order chi connectivity index (χ0) is 17.1. The molecule has 128 valence electrons. The molecule has 1 aliphatic heterocycles. The molecule has 0 unspecified atom stereocenters. The summed E-state index contributed by atoms with van der Waals surface area (Å²) < 4.78 is 6.02. The Labute approximate surface area is 149 Å². The molecule has 0 saturated heterocycles. The van der Waals surface area contributed by atoms with Gasteiger partial charge in [0.1, 0.15) is 5.52 Å². The van der Waals surface area contributed by atoms with Crippen molar-refractivity contribution < 1.29 is 4.42 Å². The van der Waals surface area contributed by atoms with Gasteiger partial charge in [-0.25, -0.2) is 4.98 Å². The van der Waals surface area contributed by atoms with Crippen LogP contribution in [0.25, 0.3) is 27.8 Å². The van der Waals surface area contributed by atoms with Gasteiger partial charge in [0.2, 0.25) is 5.89 Å². The van der Waals surface area contributed by atoms with Crippen LogP contribution in [0.4, 0.5) is 0 Å². The van der Waals surface area contributed by atoms with Gasteiger partial charge in [-0.2, -0.15) is 0 Å². The van der Waals surface area contributed by atoms with Crippen LogP contribution in [0, 0.1) is 0 Å². The first-order valence-corrected chi connectivity index (χ1v) is 9.21. The third-order valence-electron chi connectivity index (χ3n) is 4.89. The smallest absolute Gasteiger partial charge is 0.222 e. The Morgan fingerprint density at radius 3 is 2.72 bits per heavy atom. The predicted molar refractivity (Wildman–Crippen MR) is 103 cm³/mol. The van der Waals surface area contributed by atoms with Crippen LogP contribution in [-0.4, -0.2) is 29.5 Å². The minimum atomic E-state index is 0.787. The Morgan fingerprint density at radius 2 is 1.96 bits per heavy atom. The lowest BCUT2D eigenvalue weighted by molar-refractivity contribution is 0.295. The first-order chi connectivity index (χ1) is 12.3. The Balaban J connectivity index is 1.57. The van der Waals surface area contributed by atoms with Crippen molar-refractivity contribution in [3.63, 3.8) is 0 Å². The lowest BCUT2D eigenvalue weighted by Crippen LogP contribution is -2.29. The summed E-state index contributed by atoms with van der Waals surface area (Å²) in [5, 5.41) is 0.